The Morgan fingerprint density at radius 1 is 1.42 bits per heavy atom. The SMILES string of the molecule is C=CCN[C@H](C)C(=O)Nc1cccc(S(=O)(=O)N2CCOCC2)c1. The van der Waals surface area contributed by atoms with Crippen molar-refractivity contribution in [3.8, 4) is 0 Å². The Morgan fingerprint density at radius 3 is 2.79 bits per heavy atom. The maximum atomic E-state index is 12.6. The number of nitrogens with zero attached hydrogens (tertiary/aromatic N) is 1. The molecule has 7 nitrogen and oxygen atoms in total. The first kappa shape index (κ1) is 18.6. The highest BCUT2D eigenvalue weighted by Crippen LogP contribution is 2.20. The van der Waals surface area contributed by atoms with Gasteiger partial charge in [0.05, 0.1) is 24.2 Å². The molecule has 1 atom stereocenters. The molecule has 1 aliphatic rings. The van der Waals surface area contributed by atoms with Crippen molar-refractivity contribution in [2.75, 3.05) is 38.2 Å². The number of carbonyl (C=O) groups is 1. The zero-order valence-corrected chi connectivity index (χ0v) is 14.5. The van der Waals surface area contributed by atoms with Crippen LogP contribution >= 0.6 is 0 Å². The van der Waals surface area contributed by atoms with E-state index >= 15 is 0 Å². The molecule has 1 aromatic rings. The van der Waals surface area contributed by atoms with E-state index in [9.17, 15) is 13.2 Å². The fourth-order valence-electron chi connectivity index (χ4n) is 2.27. The molecule has 0 spiro atoms. The van der Waals surface area contributed by atoms with Crippen LogP contribution in [0.5, 0.6) is 0 Å². The van der Waals surface area contributed by atoms with Gasteiger partial charge in [-0.1, -0.05) is 12.1 Å². The number of rotatable bonds is 7. The van der Waals surface area contributed by atoms with E-state index in [1.54, 1.807) is 25.1 Å². The monoisotopic (exact) mass is 353 g/mol. The molecular formula is C16H23N3O4S. The molecule has 0 radical (unpaired) electrons. The minimum Gasteiger partial charge on any atom is -0.379 e. The van der Waals surface area contributed by atoms with Crippen LogP contribution in [0, 0.1) is 0 Å². The Morgan fingerprint density at radius 2 is 2.12 bits per heavy atom. The molecule has 2 N–H and O–H groups in total. The van der Waals surface area contributed by atoms with Gasteiger partial charge in [-0.3, -0.25) is 4.79 Å². The van der Waals surface area contributed by atoms with Gasteiger partial charge in [0.25, 0.3) is 0 Å². The first-order valence-electron chi connectivity index (χ1n) is 7.78. The standard InChI is InChI=1S/C16H23N3O4S/c1-3-7-17-13(2)16(20)18-14-5-4-6-15(12-14)24(21,22)19-8-10-23-11-9-19/h3-6,12-13,17H,1,7-11H2,2H3,(H,18,20)/t13-/m1/s1. The number of sulfonamides is 1. The van der Waals surface area contributed by atoms with Crippen LogP contribution in [0.25, 0.3) is 0 Å². The fourth-order valence-corrected chi connectivity index (χ4v) is 3.73. The fraction of sp³-hybridized carbons (Fsp3) is 0.438. The highest BCUT2D eigenvalue weighted by molar-refractivity contribution is 7.89. The van der Waals surface area contributed by atoms with Gasteiger partial charge in [-0.25, -0.2) is 8.42 Å². The molecule has 0 aliphatic carbocycles. The van der Waals surface area contributed by atoms with Crippen molar-refractivity contribution < 1.29 is 17.9 Å². The van der Waals surface area contributed by atoms with Crippen molar-refractivity contribution in [1.29, 1.82) is 0 Å². The van der Waals surface area contributed by atoms with E-state index < -0.39 is 16.1 Å². The van der Waals surface area contributed by atoms with E-state index in [0.29, 0.717) is 38.5 Å². The van der Waals surface area contributed by atoms with Crippen LogP contribution in [0.4, 0.5) is 5.69 Å². The normalized spacial score (nSPS) is 17.2. The summed E-state index contributed by atoms with van der Waals surface area (Å²) >= 11 is 0. The minimum absolute atomic E-state index is 0.161. The van der Waals surface area contributed by atoms with Gasteiger partial charge in [0, 0.05) is 25.3 Å². The van der Waals surface area contributed by atoms with Crippen LogP contribution in [0.1, 0.15) is 6.92 Å². The number of amides is 1. The van der Waals surface area contributed by atoms with E-state index in [-0.39, 0.29) is 10.8 Å². The Kier molecular flexibility index (Phi) is 6.50. The Bertz CT molecular complexity index is 684. The summed E-state index contributed by atoms with van der Waals surface area (Å²) < 4.78 is 31.9. The predicted octanol–water partition coefficient (Wildman–Crippen LogP) is 0.810. The van der Waals surface area contributed by atoms with Crippen LogP contribution in [0.3, 0.4) is 0 Å². The van der Waals surface area contributed by atoms with Crippen LogP contribution in [0.2, 0.25) is 0 Å². The number of carbonyl (C=O) groups excluding carboxylic acids is 1. The third-order valence-corrected chi connectivity index (χ3v) is 5.57. The summed E-state index contributed by atoms with van der Waals surface area (Å²) in [6, 6.07) is 5.87. The quantitative estimate of drug-likeness (QED) is 0.709. The lowest BCUT2D eigenvalue weighted by atomic mass is 10.2. The van der Waals surface area contributed by atoms with Gasteiger partial charge < -0.3 is 15.4 Å². The molecule has 1 fully saturated rings. The zero-order chi connectivity index (χ0) is 17.6. The van der Waals surface area contributed by atoms with Crippen LogP contribution in [0.15, 0.2) is 41.8 Å². The van der Waals surface area contributed by atoms with Crippen LogP contribution in [-0.4, -0.2) is 57.5 Å². The summed E-state index contributed by atoms with van der Waals surface area (Å²) in [5.74, 6) is -0.238. The van der Waals surface area contributed by atoms with Gasteiger partial charge in [0.1, 0.15) is 0 Å². The van der Waals surface area contributed by atoms with Crippen molar-refractivity contribution in [2.24, 2.45) is 0 Å². The number of benzene rings is 1. The summed E-state index contributed by atoms with van der Waals surface area (Å²) in [5, 5.41) is 5.70. The highest BCUT2D eigenvalue weighted by atomic mass is 32.2. The maximum absolute atomic E-state index is 12.6. The molecule has 1 amide bonds. The van der Waals surface area contributed by atoms with Gasteiger partial charge in [-0.05, 0) is 25.1 Å². The average Bonchev–Trinajstić information content (AvgIpc) is 2.60. The molecule has 8 heteroatoms. The number of nitrogens with one attached hydrogen (secondary N) is 2. The smallest absolute Gasteiger partial charge is 0.243 e. The van der Waals surface area contributed by atoms with E-state index in [1.165, 1.54) is 16.4 Å². The molecule has 0 unspecified atom stereocenters. The molecule has 2 rings (SSSR count). The van der Waals surface area contributed by atoms with Crippen LogP contribution < -0.4 is 10.6 Å². The molecule has 0 bridgehead atoms. The molecule has 1 aliphatic heterocycles. The lowest BCUT2D eigenvalue weighted by Crippen LogP contribution is -2.40. The second-order valence-corrected chi connectivity index (χ2v) is 7.39. The minimum atomic E-state index is -3.58. The molecule has 24 heavy (non-hydrogen) atoms. The summed E-state index contributed by atoms with van der Waals surface area (Å²) in [6.45, 7) is 7.28. The Labute approximate surface area is 142 Å². The van der Waals surface area contributed by atoms with Gasteiger partial charge in [-0.2, -0.15) is 4.31 Å². The summed E-state index contributed by atoms with van der Waals surface area (Å²) in [7, 11) is -3.58. The lowest BCUT2D eigenvalue weighted by molar-refractivity contribution is -0.117. The van der Waals surface area contributed by atoms with Crippen molar-refractivity contribution >= 4 is 21.6 Å². The summed E-state index contributed by atoms with van der Waals surface area (Å²) in [5.41, 5.74) is 0.446. The number of hydrogen-bond acceptors (Lipinski definition) is 5. The first-order chi connectivity index (χ1) is 11.4. The Hall–Kier alpha value is -1.74. The molecule has 0 aromatic heterocycles. The molecule has 1 saturated heterocycles. The van der Waals surface area contributed by atoms with Crippen LogP contribution in [-0.2, 0) is 19.6 Å². The second-order valence-electron chi connectivity index (χ2n) is 5.45. The topological polar surface area (TPSA) is 87.7 Å². The third kappa shape index (κ3) is 4.64. The van der Waals surface area contributed by atoms with Gasteiger partial charge >= 0.3 is 0 Å². The molecular weight excluding hydrogens is 330 g/mol. The molecule has 1 aromatic carbocycles. The summed E-state index contributed by atoms with van der Waals surface area (Å²) in [6.07, 6.45) is 1.67. The van der Waals surface area contributed by atoms with E-state index in [2.05, 4.69) is 17.2 Å². The van der Waals surface area contributed by atoms with Gasteiger partial charge in [0.2, 0.25) is 15.9 Å². The second kappa shape index (κ2) is 8.39. The Balaban J connectivity index is 2.10. The zero-order valence-electron chi connectivity index (χ0n) is 13.7. The average molecular weight is 353 g/mol. The van der Waals surface area contributed by atoms with Crippen molar-refractivity contribution in [3.05, 3.63) is 36.9 Å². The van der Waals surface area contributed by atoms with Gasteiger partial charge in [-0.15, -0.1) is 6.58 Å². The van der Waals surface area contributed by atoms with E-state index in [0.717, 1.165) is 0 Å². The molecule has 0 saturated carbocycles. The van der Waals surface area contributed by atoms with E-state index in [4.69, 9.17) is 4.74 Å². The van der Waals surface area contributed by atoms with Gasteiger partial charge in [0.15, 0.2) is 0 Å². The van der Waals surface area contributed by atoms with Crippen molar-refractivity contribution in [2.45, 2.75) is 17.9 Å². The van der Waals surface area contributed by atoms with Crippen molar-refractivity contribution in [3.63, 3.8) is 0 Å². The maximum Gasteiger partial charge on any atom is 0.243 e. The lowest BCUT2D eigenvalue weighted by Gasteiger charge is -2.26. The highest BCUT2D eigenvalue weighted by Gasteiger charge is 2.26. The van der Waals surface area contributed by atoms with Crippen molar-refractivity contribution in [1.82, 2.24) is 9.62 Å². The number of hydrogen-bond donors (Lipinski definition) is 2. The number of ether oxygens (including phenoxy) is 1. The number of anilines is 1. The first-order valence-corrected chi connectivity index (χ1v) is 9.22. The summed E-state index contributed by atoms with van der Waals surface area (Å²) in [4.78, 5) is 12.3. The van der Waals surface area contributed by atoms with E-state index in [1.807, 2.05) is 0 Å². The molecule has 1 heterocycles. The number of morpholine rings is 1. The molecule has 132 valence electrons. The largest absolute Gasteiger partial charge is 0.379 e. The third-order valence-electron chi connectivity index (χ3n) is 3.67. The predicted molar refractivity (Wildman–Crippen MR) is 92.3 cm³/mol.